The van der Waals surface area contributed by atoms with Crippen molar-refractivity contribution < 1.29 is 14.7 Å². The van der Waals surface area contributed by atoms with Crippen LogP contribution in [0.25, 0.3) is 0 Å². The second-order valence-corrected chi connectivity index (χ2v) is 8.57. The number of carbonyl (C=O) groups excluding carboxylic acids is 2. The molecule has 1 aliphatic heterocycles. The molecule has 4 aliphatic rings. The van der Waals surface area contributed by atoms with Crippen LogP contribution in [0.3, 0.4) is 0 Å². The molecule has 0 spiro atoms. The molecule has 5 rings (SSSR count). The van der Waals surface area contributed by atoms with Crippen molar-refractivity contribution in [2.24, 2.45) is 17.8 Å². The lowest BCUT2D eigenvalue weighted by Gasteiger charge is -2.29. The molecular weight excluding hydrogens is 332 g/mol. The Balaban J connectivity index is 1.21. The van der Waals surface area contributed by atoms with Gasteiger partial charge in [-0.1, -0.05) is 0 Å². The van der Waals surface area contributed by atoms with Gasteiger partial charge in [-0.05, 0) is 49.9 Å². The Labute approximate surface area is 152 Å². The Morgan fingerprint density at radius 2 is 2.15 bits per heavy atom. The molecule has 2 amide bonds. The van der Waals surface area contributed by atoms with Crippen molar-refractivity contribution in [3.8, 4) is 0 Å². The average molecular weight is 358 g/mol. The maximum absolute atomic E-state index is 12.8. The number of nitrogens with one attached hydrogen (secondary N) is 1. The van der Waals surface area contributed by atoms with Gasteiger partial charge in [0.1, 0.15) is 5.60 Å². The number of carbonyl (C=O) groups is 2. The number of rotatable bonds is 5. The van der Waals surface area contributed by atoms with Gasteiger partial charge in [0.05, 0.1) is 25.0 Å². The van der Waals surface area contributed by atoms with Gasteiger partial charge in [0.2, 0.25) is 5.91 Å². The number of hydrogen-bond donors (Lipinski definition) is 2. The minimum atomic E-state index is -1.16. The molecule has 3 unspecified atom stereocenters. The topological polar surface area (TPSA) is 87.5 Å². The predicted molar refractivity (Wildman–Crippen MR) is 92.6 cm³/mol. The van der Waals surface area contributed by atoms with Crippen LogP contribution in [0.4, 0.5) is 0 Å². The van der Waals surface area contributed by atoms with E-state index < -0.39 is 5.60 Å². The molecule has 0 aromatic carbocycles. The first-order valence-electron chi connectivity index (χ1n) is 9.85. The summed E-state index contributed by atoms with van der Waals surface area (Å²) in [5.74, 6) is 2.27. The summed E-state index contributed by atoms with van der Waals surface area (Å²) in [6, 6.07) is 0. The lowest BCUT2D eigenvalue weighted by atomic mass is 9.98. The number of nitrogens with zero attached hydrogens (tertiary/aromatic N) is 3. The summed E-state index contributed by atoms with van der Waals surface area (Å²) in [5, 5.41) is 17.1. The van der Waals surface area contributed by atoms with Gasteiger partial charge in [0, 0.05) is 25.1 Å². The van der Waals surface area contributed by atoms with E-state index >= 15 is 0 Å². The lowest BCUT2D eigenvalue weighted by Crippen LogP contribution is -2.40. The van der Waals surface area contributed by atoms with E-state index in [-0.39, 0.29) is 11.8 Å². The Morgan fingerprint density at radius 1 is 1.31 bits per heavy atom. The van der Waals surface area contributed by atoms with Gasteiger partial charge < -0.3 is 15.3 Å². The van der Waals surface area contributed by atoms with Crippen molar-refractivity contribution in [3.05, 3.63) is 17.5 Å². The highest BCUT2D eigenvalue weighted by atomic mass is 16.3. The highest BCUT2D eigenvalue weighted by Gasteiger charge is 2.49. The van der Waals surface area contributed by atoms with Crippen molar-refractivity contribution >= 4 is 11.8 Å². The molecule has 3 atom stereocenters. The molecule has 140 valence electrons. The van der Waals surface area contributed by atoms with Crippen LogP contribution in [0, 0.1) is 17.8 Å². The molecule has 2 heterocycles. The van der Waals surface area contributed by atoms with E-state index in [1.165, 1.54) is 19.3 Å². The summed E-state index contributed by atoms with van der Waals surface area (Å²) in [6.07, 6.45) is 7.40. The predicted octanol–water partition coefficient (Wildman–Crippen LogP) is 0.803. The van der Waals surface area contributed by atoms with Crippen LogP contribution < -0.4 is 5.32 Å². The van der Waals surface area contributed by atoms with Crippen LogP contribution in [-0.2, 0) is 29.2 Å². The van der Waals surface area contributed by atoms with Gasteiger partial charge in [0.15, 0.2) is 0 Å². The average Bonchev–Trinajstić information content (AvgIpc) is 3.51. The van der Waals surface area contributed by atoms with Gasteiger partial charge in [-0.15, -0.1) is 0 Å². The van der Waals surface area contributed by atoms with Gasteiger partial charge >= 0.3 is 0 Å². The van der Waals surface area contributed by atoms with Gasteiger partial charge in [-0.2, -0.15) is 5.10 Å². The lowest BCUT2D eigenvalue weighted by molar-refractivity contribution is -0.134. The smallest absolute Gasteiger partial charge is 0.252 e. The minimum Gasteiger partial charge on any atom is -0.380 e. The molecule has 7 heteroatoms. The highest BCUT2D eigenvalue weighted by molar-refractivity contribution is 5.87. The zero-order valence-corrected chi connectivity index (χ0v) is 15.0. The fourth-order valence-corrected chi connectivity index (χ4v) is 4.78. The van der Waals surface area contributed by atoms with Crippen molar-refractivity contribution in [1.29, 1.82) is 0 Å². The first-order chi connectivity index (χ1) is 12.5. The summed E-state index contributed by atoms with van der Waals surface area (Å²) in [6.45, 7) is 2.33. The molecule has 0 saturated heterocycles. The number of aromatic nitrogens is 2. The maximum atomic E-state index is 12.8. The summed E-state index contributed by atoms with van der Waals surface area (Å²) in [5.41, 5.74) is 0.781. The van der Waals surface area contributed by atoms with E-state index in [0.29, 0.717) is 51.4 Å². The fraction of sp³-hybridized carbons (Fsp3) is 0.737. The van der Waals surface area contributed by atoms with Crippen LogP contribution in [0.15, 0.2) is 6.20 Å². The van der Waals surface area contributed by atoms with Crippen LogP contribution in [0.5, 0.6) is 0 Å². The zero-order valence-electron chi connectivity index (χ0n) is 15.0. The van der Waals surface area contributed by atoms with Crippen molar-refractivity contribution in [2.45, 2.75) is 63.8 Å². The van der Waals surface area contributed by atoms with E-state index in [1.807, 2.05) is 9.58 Å². The van der Waals surface area contributed by atoms with Crippen LogP contribution in [-0.4, -0.2) is 43.7 Å². The second kappa shape index (κ2) is 5.81. The van der Waals surface area contributed by atoms with E-state index in [9.17, 15) is 14.7 Å². The standard InChI is InChI=1S/C19H26N4O3/c24-17(8-13-2-1-12-7-15(12)13)22-5-6-23-16(11-22)14(10-21-23)9-20-18(25)19(26)3-4-19/h10,12-13,15,26H,1-9,11H2,(H,20,25). The van der Waals surface area contributed by atoms with Crippen molar-refractivity contribution in [3.63, 3.8) is 0 Å². The third-order valence-corrected chi connectivity index (χ3v) is 6.82. The van der Waals surface area contributed by atoms with E-state index in [0.717, 1.165) is 23.1 Å². The molecule has 3 aliphatic carbocycles. The quantitative estimate of drug-likeness (QED) is 0.815. The van der Waals surface area contributed by atoms with Crippen molar-refractivity contribution in [2.75, 3.05) is 6.54 Å². The molecule has 26 heavy (non-hydrogen) atoms. The third-order valence-electron chi connectivity index (χ3n) is 6.82. The van der Waals surface area contributed by atoms with E-state index in [1.54, 1.807) is 6.20 Å². The SMILES string of the molecule is O=C(CC1CCC2CC12)N1CCn2ncc(CNC(=O)C3(O)CC3)c2C1. The largest absolute Gasteiger partial charge is 0.380 e. The molecule has 7 nitrogen and oxygen atoms in total. The van der Waals surface area contributed by atoms with Gasteiger partial charge in [0.25, 0.3) is 5.91 Å². The Morgan fingerprint density at radius 3 is 2.85 bits per heavy atom. The Hall–Kier alpha value is -1.89. The zero-order chi connectivity index (χ0) is 17.9. The third kappa shape index (κ3) is 2.82. The molecule has 3 saturated carbocycles. The fourth-order valence-electron chi connectivity index (χ4n) is 4.78. The summed E-state index contributed by atoms with van der Waals surface area (Å²) >= 11 is 0. The number of fused-ring (bicyclic) bond motifs is 2. The first-order valence-corrected chi connectivity index (χ1v) is 9.85. The van der Waals surface area contributed by atoms with Gasteiger partial charge in [-0.25, -0.2) is 0 Å². The molecule has 1 aromatic heterocycles. The summed E-state index contributed by atoms with van der Waals surface area (Å²) in [7, 11) is 0. The first kappa shape index (κ1) is 16.3. The monoisotopic (exact) mass is 358 g/mol. The number of hydrogen-bond acceptors (Lipinski definition) is 4. The molecule has 0 radical (unpaired) electrons. The second-order valence-electron chi connectivity index (χ2n) is 8.57. The Bertz CT molecular complexity index is 754. The van der Waals surface area contributed by atoms with Gasteiger partial charge in [-0.3, -0.25) is 14.3 Å². The van der Waals surface area contributed by atoms with Crippen LogP contribution >= 0.6 is 0 Å². The Kier molecular flexibility index (Phi) is 3.64. The molecule has 3 fully saturated rings. The number of aliphatic hydroxyl groups is 1. The van der Waals surface area contributed by atoms with E-state index in [2.05, 4.69) is 10.4 Å². The molecular formula is C19H26N4O3. The minimum absolute atomic E-state index is 0.261. The molecule has 0 bridgehead atoms. The highest BCUT2D eigenvalue weighted by Crippen LogP contribution is 2.56. The normalized spacial score (nSPS) is 30.5. The summed E-state index contributed by atoms with van der Waals surface area (Å²) in [4.78, 5) is 26.6. The molecule has 2 N–H and O–H groups in total. The van der Waals surface area contributed by atoms with Crippen molar-refractivity contribution in [1.82, 2.24) is 20.0 Å². The van der Waals surface area contributed by atoms with E-state index in [4.69, 9.17) is 0 Å². The number of amides is 2. The maximum Gasteiger partial charge on any atom is 0.252 e. The van der Waals surface area contributed by atoms with Crippen LogP contribution in [0.2, 0.25) is 0 Å². The summed E-state index contributed by atoms with van der Waals surface area (Å²) < 4.78 is 1.93. The molecule has 1 aromatic rings. The van der Waals surface area contributed by atoms with Crippen LogP contribution in [0.1, 0.15) is 49.8 Å².